The Labute approximate surface area is 186 Å². The van der Waals surface area contributed by atoms with Crippen LogP contribution in [0.1, 0.15) is 10.6 Å². The number of anilines is 1. The standard InChI is InChI=1S/C21H12Cl3FN4O/c22-13-3-7-15(8-4-13)26-21(30)19-27-20(12-1-5-14(25)6-2-12)29(28-19)16-9-10-17(23)18(24)11-16/h1-11H,(H,26,30). The normalized spacial score (nSPS) is 10.8. The zero-order chi connectivity index (χ0) is 21.3. The van der Waals surface area contributed by atoms with Crippen LogP contribution in [0, 0.1) is 5.82 Å². The molecule has 30 heavy (non-hydrogen) atoms. The SMILES string of the molecule is O=C(Nc1ccc(Cl)cc1)c1nc(-c2ccc(F)cc2)n(-c2ccc(Cl)c(Cl)c2)n1. The van der Waals surface area contributed by atoms with E-state index in [0.717, 1.165) is 0 Å². The van der Waals surface area contributed by atoms with Gasteiger partial charge in [0.1, 0.15) is 5.82 Å². The Bertz CT molecular complexity index is 1220. The van der Waals surface area contributed by atoms with Crippen LogP contribution in [0.15, 0.2) is 66.7 Å². The second-order valence-corrected chi connectivity index (χ2v) is 7.49. The molecule has 1 N–H and O–H groups in total. The van der Waals surface area contributed by atoms with Crippen LogP contribution in [0.3, 0.4) is 0 Å². The van der Waals surface area contributed by atoms with Gasteiger partial charge in [0.25, 0.3) is 5.91 Å². The van der Waals surface area contributed by atoms with Gasteiger partial charge >= 0.3 is 0 Å². The Morgan fingerprint density at radius 3 is 2.27 bits per heavy atom. The van der Waals surface area contributed by atoms with Crippen LogP contribution in [-0.4, -0.2) is 20.7 Å². The fourth-order valence-electron chi connectivity index (χ4n) is 2.71. The first-order valence-corrected chi connectivity index (χ1v) is 9.79. The first-order valence-electron chi connectivity index (χ1n) is 8.66. The van der Waals surface area contributed by atoms with Gasteiger partial charge in [-0.15, -0.1) is 5.10 Å². The molecule has 0 atom stereocenters. The first kappa shape index (κ1) is 20.3. The summed E-state index contributed by atoms with van der Waals surface area (Å²) in [6.45, 7) is 0. The monoisotopic (exact) mass is 460 g/mol. The fraction of sp³-hybridized carbons (Fsp3) is 0. The molecule has 9 heteroatoms. The number of nitrogens with one attached hydrogen (secondary N) is 1. The molecule has 150 valence electrons. The number of hydrogen-bond acceptors (Lipinski definition) is 3. The van der Waals surface area contributed by atoms with Gasteiger partial charge in [-0.25, -0.2) is 14.1 Å². The van der Waals surface area contributed by atoms with Gasteiger partial charge in [-0.1, -0.05) is 34.8 Å². The van der Waals surface area contributed by atoms with Crippen molar-refractivity contribution in [2.24, 2.45) is 0 Å². The summed E-state index contributed by atoms with van der Waals surface area (Å²) in [6.07, 6.45) is 0. The van der Waals surface area contributed by atoms with E-state index in [2.05, 4.69) is 15.4 Å². The van der Waals surface area contributed by atoms with E-state index in [1.807, 2.05) is 0 Å². The Hall–Kier alpha value is -2.93. The van der Waals surface area contributed by atoms with Crippen molar-refractivity contribution >= 4 is 46.4 Å². The van der Waals surface area contributed by atoms with Crippen molar-refractivity contribution in [2.45, 2.75) is 0 Å². The van der Waals surface area contributed by atoms with Gasteiger partial charge in [-0.2, -0.15) is 0 Å². The molecule has 4 aromatic rings. The highest BCUT2D eigenvalue weighted by Crippen LogP contribution is 2.27. The van der Waals surface area contributed by atoms with Crippen molar-refractivity contribution in [1.29, 1.82) is 0 Å². The molecule has 0 aliphatic rings. The zero-order valence-electron chi connectivity index (χ0n) is 15.1. The van der Waals surface area contributed by atoms with Crippen LogP contribution in [-0.2, 0) is 0 Å². The Morgan fingerprint density at radius 2 is 1.60 bits per heavy atom. The van der Waals surface area contributed by atoms with E-state index in [-0.39, 0.29) is 11.6 Å². The fourth-order valence-corrected chi connectivity index (χ4v) is 3.13. The molecule has 0 saturated heterocycles. The molecule has 1 heterocycles. The highest BCUT2D eigenvalue weighted by molar-refractivity contribution is 6.42. The molecule has 4 rings (SSSR count). The number of carbonyl (C=O) groups excluding carboxylic acids is 1. The van der Waals surface area contributed by atoms with E-state index in [0.29, 0.717) is 37.8 Å². The van der Waals surface area contributed by atoms with Gasteiger partial charge in [-0.05, 0) is 66.7 Å². The Balaban J connectivity index is 1.76. The number of nitrogens with zero attached hydrogens (tertiary/aromatic N) is 3. The van der Waals surface area contributed by atoms with E-state index in [1.54, 1.807) is 54.6 Å². The molecule has 0 unspecified atom stereocenters. The summed E-state index contributed by atoms with van der Waals surface area (Å²) in [7, 11) is 0. The molecule has 0 saturated carbocycles. The average Bonchev–Trinajstić information content (AvgIpc) is 3.18. The third-order valence-corrected chi connectivity index (χ3v) is 5.15. The number of halogens is 4. The highest BCUT2D eigenvalue weighted by atomic mass is 35.5. The number of benzene rings is 3. The number of hydrogen-bond donors (Lipinski definition) is 1. The molecule has 5 nitrogen and oxygen atoms in total. The predicted molar refractivity (Wildman–Crippen MR) is 116 cm³/mol. The van der Waals surface area contributed by atoms with Crippen molar-refractivity contribution in [3.63, 3.8) is 0 Å². The number of aromatic nitrogens is 3. The molecule has 0 aliphatic heterocycles. The van der Waals surface area contributed by atoms with Crippen LogP contribution < -0.4 is 5.32 Å². The molecule has 0 radical (unpaired) electrons. The van der Waals surface area contributed by atoms with E-state index >= 15 is 0 Å². The lowest BCUT2D eigenvalue weighted by atomic mass is 10.2. The maximum Gasteiger partial charge on any atom is 0.295 e. The Kier molecular flexibility index (Phi) is 5.72. The number of rotatable bonds is 4. The second-order valence-electron chi connectivity index (χ2n) is 6.24. The van der Waals surface area contributed by atoms with Gasteiger partial charge in [0.05, 0.1) is 15.7 Å². The third kappa shape index (κ3) is 4.31. The predicted octanol–water partition coefficient (Wildman–Crippen LogP) is 6.29. The summed E-state index contributed by atoms with van der Waals surface area (Å²) < 4.78 is 14.8. The van der Waals surface area contributed by atoms with Crippen molar-refractivity contribution < 1.29 is 9.18 Å². The van der Waals surface area contributed by atoms with Crippen molar-refractivity contribution in [2.75, 3.05) is 5.32 Å². The van der Waals surface area contributed by atoms with Gasteiger partial charge in [0.15, 0.2) is 5.82 Å². The highest BCUT2D eigenvalue weighted by Gasteiger charge is 2.19. The smallest absolute Gasteiger partial charge is 0.295 e. The summed E-state index contributed by atoms with van der Waals surface area (Å²) in [5.74, 6) is -0.635. The molecule has 0 spiro atoms. The summed E-state index contributed by atoms with van der Waals surface area (Å²) >= 11 is 18.0. The molecule has 1 amide bonds. The average molecular weight is 462 g/mol. The minimum absolute atomic E-state index is 0.0738. The molecule has 0 aliphatic carbocycles. The van der Waals surface area contributed by atoms with Crippen molar-refractivity contribution in [3.8, 4) is 17.1 Å². The Morgan fingerprint density at radius 1 is 0.900 bits per heavy atom. The maximum atomic E-state index is 13.4. The summed E-state index contributed by atoms with van der Waals surface area (Å²) in [5.41, 5.74) is 1.65. The minimum atomic E-state index is -0.514. The van der Waals surface area contributed by atoms with Gasteiger partial charge < -0.3 is 5.32 Å². The van der Waals surface area contributed by atoms with E-state index < -0.39 is 5.91 Å². The van der Waals surface area contributed by atoms with Gasteiger partial charge in [0, 0.05) is 16.3 Å². The van der Waals surface area contributed by atoms with Crippen LogP contribution in [0.4, 0.5) is 10.1 Å². The van der Waals surface area contributed by atoms with Crippen LogP contribution >= 0.6 is 34.8 Å². The molecule has 0 bridgehead atoms. The van der Waals surface area contributed by atoms with Crippen LogP contribution in [0.2, 0.25) is 15.1 Å². The molecule has 1 aromatic heterocycles. The lowest BCUT2D eigenvalue weighted by Gasteiger charge is -2.07. The number of amides is 1. The minimum Gasteiger partial charge on any atom is -0.319 e. The largest absolute Gasteiger partial charge is 0.319 e. The van der Waals surface area contributed by atoms with Crippen LogP contribution in [0.5, 0.6) is 0 Å². The quantitative estimate of drug-likeness (QED) is 0.389. The lowest BCUT2D eigenvalue weighted by molar-refractivity contribution is 0.101. The summed E-state index contributed by atoms with van der Waals surface area (Å²) in [5, 5.41) is 8.30. The van der Waals surface area contributed by atoms with E-state index in [4.69, 9.17) is 34.8 Å². The lowest BCUT2D eigenvalue weighted by Crippen LogP contribution is -2.14. The van der Waals surface area contributed by atoms with Crippen LogP contribution in [0.25, 0.3) is 17.1 Å². The summed E-state index contributed by atoms with van der Waals surface area (Å²) in [6, 6.07) is 17.3. The molecular weight excluding hydrogens is 450 g/mol. The second kappa shape index (κ2) is 8.44. The summed E-state index contributed by atoms with van der Waals surface area (Å²) in [4.78, 5) is 17.1. The molecular formula is C21H12Cl3FN4O. The molecule has 3 aromatic carbocycles. The maximum absolute atomic E-state index is 13.4. The van der Waals surface area contributed by atoms with Crippen molar-refractivity contribution in [3.05, 3.63) is 93.4 Å². The number of carbonyl (C=O) groups is 1. The third-order valence-electron chi connectivity index (χ3n) is 4.16. The zero-order valence-corrected chi connectivity index (χ0v) is 17.4. The van der Waals surface area contributed by atoms with E-state index in [9.17, 15) is 9.18 Å². The molecule has 0 fully saturated rings. The van der Waals surface area contributed by atoms with Gasteiger partial charge in [-0.3, -0.25) is 4.79 Å². The topological polar surface area (TPSA) is 59.8 Å². The van der Waals surface area contributed by atoms with Gasteiger partial charge in [0.2, 0.25) is 5.82 Å². The van der Waals surface area contributed by atoms with E-state index in [1.165, 1.54) is 16.8 Å². The van der Waals surface area contributed by atoms with Crippen molar-refractivity contribution in [1.82, 2.24) is 14.8 Å². The first-order chi connectivity index (χ1) is 14.4.